The summed E-state index contributed by atoms with van der Waals surface area (Å²) in [6, 6.07) is 9.57. The van der Waals surface area contributed by atoms with E-state index in [0.29, 0.717) is 6.42 Å². The van der Waals surface area contributed by atoms with Gasteiger partial charge in [0.15, 0.2) is 0 Å². The van der Waals surface area contributed by atoms with Crippen LogP contribution in [0, 0.1) is 0 Å². The number of ether oxygens (including phenoxy) is 1. The van der Waals surface area contributed by atoms with Crippen molar-refractivity contribution >= 4 is 5.91 Å². The SMILES string of the molecule is CC1CCC(C(=O)N[C@@H](CO)Cc2ccccc2)O1. The molecular formula is C15H21NO3. The van der Waals surface area contributed by atoms with Gasteiger partial charge in [-0.25, -0.2) is 0 Å². The smallest absolute Gasteiger partial charge is 0.249 e. The molecule has 1 amide bonds. The molecule has 4 nitrogen and oxygen atoms in total. The second kappa shape index (κ2) is 6.68. The van der Waals surface area contributed by atoms with E-state index in [1.807, 2.05) is 37.3 Å². The molecule has 1 heterocycles. The third kappa shape index (κ3) is 4.04. The van der Waals surface area contributed by atoms with Gasteiger partial charge >= 0.3 is 0 Å². The van der Waals surface area contributed by atoms with Crippen molar-refractivity contribution < 1.29 is 14.6 Å². The minimum atomic E-state index is -0.361. The lowest BCUT2D eigenvalue weighted by Gasteiger charge is -2.19. The van der Waals surface area contributed by atoms with Crippen molar-refractivity contribution in [2.75, 3.05) is 6.61 Å². The first kappa shape index (κ1) is 14.0. The lowest BCUT2D eigenvalue weighted by Crippen LogP contribution is -2.44. The highest BCUT2D eigenvalue weighted by Crippen LogP contribution is 2.19. The normalized spacial score (nSPS) is 24.1. The highest BCUT2D eigenvalue weighted by Gasteiger charge is 2.29. The van der Waals surface area contributed by atoms with Gasteiger partial charge in [0.05, 0.1) is 18.8 Å². The molecule has 0 radical (unpaired) electrons. The number of nitrogens with one attached hydrogen (secondary N) is 1. The zero-order valence-corrected chi connectivity index (χ0v) is 11.2. The minimum absolute atomic E-state index is 0.0666. The van der Waals surface area contributed by atoms with Gasteiger partial charge in [-0.15, -0.1) is 0 Å². The van der Waals surface area contributed by atoms with E-state index in [9.17, 15) is 9.90 Å². The first-order valence-corrected chi connectivity index (χ1v) is 6.79. The fraction of sp³-hybridized carbons (Fsp3) is 0.533. The average Bonchev–Trinajstić information content (AvgIpc) is 2.86. The molecule has 3 atom stereocenters. The number of hydrogen-bond donors (Lipinski definition) is 2. The number of carbonyl (C=O) groups is 1. The molecule has 19 heavy (non-hydrogen) atoms. The Morgan fingerprint density at radius 3 is 2.74 bits per heavy atom. The Morgan fingerprint density at radius 2 is 2.16 bits per heavy atom. The van der Waals surface area contributed by atoms with Gasteiger partial charge in [-0.05, 0) is 31.7 Å². The van der Waals surface area contributed by atoms with Crippen molar-refractivity contribution in [2.45, 2.75) is 44.4 Å². The monoisotopic (exact) mass is 263 g/mol. The molecule has 1 aliphatic rings. The number of rotatable bonds is 5. The third-order valence-electron chi connectivity index (χ3n) is 3.42. The Morgan fingerprint density at radius 1 is 1.42 bits per heavy atom. The summed E-state index contributed by atoms with van der Waals surface area (Å²) in [6.45, 7) is 1.91. The van der Waals surface area contributed by atoms with Gasteiger partial charge in [0.25, 0.3) is 0 Å². The van der Waals surface area contributed by atoms with Crippen LogP contribution in [-0.4, -0.2) is 35.9 Å². The lowest BCUT2D eigenvalue weighted by atomic mass is 10.1. The van der Waals surface area contributed by atoms with E-state index in [1.165, 1.54) is 0 Å². The summed E-state index contributed by atoms with van der Waals surface area (Å²) in [5.41, 5.74) is 1.10. The zero-order valence-electron chi connectivity index (χ0n) is 11.2. The largest absolute Gasteiger partial charge is 0.394 e. The van der Waals surface area contributed by atoms with Crippen LogP contribution in [0.25, 0.3) is 0 Å². The number of carbonyl (C=O) groups excluding carboxylic acids is 1. The van der Waals surface area contributed by atoms with Gasteiger partial charge in [0, 0.05) is 0 Å². The first-order chi connectivity index (χ1) is 9.19. The number of aliphatic hydroxyl groups is 1. The van der Waals surface area contributed by atoms with Gasteiger partial charge in [-0.3, -0.25) is 4.79 Å². The predicted molar refractivity (Wildman–Crippen MR) is 72.7 cm³/mol. The Kier molecular flexibility index (Phi) is 4.93. The molecule has 1 aromatic rings. The van der Waals surface area contributed by atoms with Crippen molar-refractivity contribution in [3.63, 3.8) is 0 Å². The summed E-state index contributed by atoms with van der Waals surface area (Å²) < 4.78 is 5.52. The van der Waals surface area contributed by atoms with Gasteiger partial charge < -0.3 is 15.2 Å². The Hall–Kier alpha value is -1.39. The number of benzene rings is 1. The van der Waals surface area contributed by atoms with Crippen LogP contribution in [-0.2, 0) is 16.0 Å². The lowest BCUT2D eigenvalue weighted by molar-refractivity contribution is -0.132. The second-order valence-corrected chi connectivity index (χ2v) is 5.09. The summed E-state index contributed by atoms with van der Waals surface area (Å²) in [6.07, 6.45) is 2.10. The highest BCUT2D eigenvalue weighted by atomic mass is 16.5. The maximum atomic E-state index is 12.0. The minimum Gasteiger partial charge on any atom is -0.394 e. The quantitative estimate of drug-likeness (QED) is 0.841. The van der Waals surface area contributed by atoms with E-state index >= 15 is 0 Å². The molecule has 104 valence electrons. The van der Waals surface area contributed by atoms with Gasteiger partial charge in [0.1, 0.15) is 6.10 Å². The molecule has 0 spiro atoms. The molecule has 0 bridgehead atoms. The summed E-state index contributed by atoms with van der Waals surface area (Å²) in [5, 5.41) is 12.2. The van der Waals surface area contributed by atoms with Crippen LogP contribution in [0.5, 0.6) is 0 Å². The molecule has 2 N–H and O–H groups in total. The van der Waals surface area contributed by atoms with Gasteiger partial charge in [-0.1, -0.05) is 30.3 Å². The summed E-state index contributed by atoms with van der Waals surface area (Å²) in [7, 11) is 0. The van der Waals surface area contributed by atoms with E-state index in [1.54, 1.807) is 0 Å². The van der Waals surface area contributed by atoms with Crippen LogP contribution in [0.4, 0.5) is 0 Å². The average molecular weight is 263 g/mol. The molecular weight excluding hydrogens is 242 g/mol. The standard InChI is InChI=1S/C15H21NO3/c1-11-7-8-14(19-11)15(18)16-13(10-17)9-12-5-3-2-4-6-12/h2-6,11,13-14,17H,7-10H2,1H3,(H,16,18)/t11?,13-,14?/m1/s1. The first-order valence-electron chi connectivity index (χ1n) is 6.79. The molecule has 2 unspecified atom stereocenters. The van der Waals surface area contributed by atoms with Crippen LogP contribution in [0.3, 0.4) is 0 Å². The summed E-state index contributed by atoms with van der Waals surface area (Å²) >= 11 is 0. The van der Waals surface area contributed by atoms with Crippen LogP contribution < -0.4 is 5.32 Å². The zero-order chi connectivity index (χ0) is 13.7. The van der Waals surface area contributed by atoms with Crippen molar-refractivity contribution in [3.8, 4) is 0 Å². The number of aliphatic hydroxyl groups excluding tert-OH is 1. The molecule has 1 aliphatic heterocycles. The molecule has 0 aliphatic carbocycles. The third-order valence-corrected chi connectivity index (χ3v) is 3.42. The van der Waals surface area contributed by atoms with Gasteiger partial charge in [-0.2, -0.15) is 0 Å². The Balaban J connectivity index is 1.87. The molecule has 1 saturated heterocycles. The fourth-order valence-corrected chi connectivity index (χ4v) is 2.35. The van der Waals surface area contributed by atoms with E-state index in [4.69, 9.17) is 4.74 Å². The Bertz CT molecular complexity index is 407. The van der Waals surface area contributed by atoms with Crippen molar-refractivity contribution in [1.29, 1.82) is 0 Å². The van der Waals surface area contributed by atoms with E-state index in [-0.39, 0.29) is 30.8 Å². The van der Waals surface area contributed by atoms with Crippen molar-refractivity contribution in [2.24, 2.45) is 0 Å². The Labute approximate surface area is 113 Å². The maximum absolute atomic E-state index is 12.0. The van der Waals surface area contributed by atoms with Crippen LogP contribution in [0.2, 0.25) is 0 Å². The number of hydrogen-bond acceptors (Lipinski definition) is 3. The van der Waals surface area contributed by atoms with E-state index in [0.717, 1.165) is 18.4 Å². The van der Waals surface area contributed by atoms with E-state index in [2.05, 4.69) is 5.32 Å². The van der Waals surface area contributed by atoms with Crippen LogP contribution >= 0.6 is 0 Å². The van der Waals surface area contributed by atoms with Crippen LogP contribution in [0.1, 0.15) is 25.3 Å². The molecule has 0 aromatic heterocycles. The second-order valence-electron chi connectivity index (χ2n) is 5.09. The molecule has 1 aromatic carbocycles. The molecule has 4 heteroatoms. The predicted octanol–water partition coefficient (Wildman–Crippen LogP) is 1.27. The summed E-state index contributed by atoms with van der Waals surface area (Å²) in [4.78, 5) is 12.0. The summed E-state index contributed by atoms with van der Waals surface area (Å²) in [5.74, 6) is -0.112. The number of amides is 1. The highest BCUT2D eigenvalue weighted by molar-refractivity contribution is 5.81. The van der Waals surface area contributed by atoms with Crippen molar-refractivity contribution in [3.05, 3.63) is 35.9 Å². The maximum Gasteiger partial charge on any atom is 0.249 e. The molecule has 2 rings (SSSR count). The fourth-order valence-electron chi connectivity index (χ4n) is 2.35. The molecule has 1 fully saturated rings. The topological polar surface area (TPSA) is 58.6 Å². The van der Waals surface area contributed by atoms with Crippen LogP contribution in [0.15, 0.2) is 30.3 Å². The molecule has 0 saturated carbocycles. The van der Waals surface area contributed by atoms with E-state index < -0.39 is 0 Å². The van der Waals surface area contributed by atoms with Gasteiger partial charge in [0.2, 0.25) is 5.91 Å². The van der Waals surface area contributed by atoms with Crippen molar-refractivity contribution in [1.82, 2.24) is 5.32 Å².